The molecule has 1 amide bonds. The van der Waals surface area contributed by atoms with Crippen molar-refractivity contribution in [2.45, 2.75) is 38.8 Å². The molecular weight excluding hydrogens is 625 g/mol. The quantitative estimate of drug-likeness (QED) is 0.0771. The van der Waals surface area contributed by atoms with Crippen LogP contribution in [0.3, 0.4) is 0 Å². The Hall–Kier alpha value is -4.87. The molecule has 0 atom stereocenters. The van der Waals surface area contributed by atoms with E-state index in [1.807, 2.05) is 6.92 Å². The van der Waals surface area contributed by atoms with E-state index in [1.54, 1.807) is 49.8 Å². The fourth-order valence-electron chi connectivity index (χ4n) is 3.40. The molecule has 0 fully saturated rings. The topological polar surface area (TPSA) is 167 Å². The number of carbonyl (C=O) groups excluding carboxylic acids is 2. The number of halogens is 3. The summed E-state index contributed by atoms with van der Waals surface area (Å²) in [5.41, 5.74) is -0.286. The predicted molar refractivity (Wildman–Crippen MR) is 151 cm³/mol. The van der Waals surface area contributed by atoms with E-state index in [0.29, 0.717) is 5.56 Å². The van der Waals surface area contributed by atoms with Crippen LogP contribution in [0.2, 0.25) is 0 Å². The molecule has 0 aliphatic carbocycles. The molecule has 0 aliphatic rings. The van der Waals surface area contributed by atoms with Crippen LogP contribution in [0.4, 0.5) is 18.0 Å². The number of carbonyl (C=O) groups is 2. The number of hydrogen-bond acceptors (Lipinski definition) is 10. The van der Waals surface area contributed by atoms with Crippen molar-refractivity contribution in [1.29, 1.82) is 0 Å². The van der Waals surface area contributed by atoms with E-state index in [-0.39, 0.29) is 27.8 Å². The zero-order valence-electron chi connectivity index (χ0n) is 24.9. The Kier molecular flexibility index (Phi) is 10.6. The lowest BCUT2D eigenvalue weighted by Gasteiger charge is -2.15. The third kappa shape index (κ3) is 9.56. The number of aryl methyl sites for hydroxylation is 1. The van der Waals surface area contributed by atoms with Crippen molar-refractivity contribution in [3.8, 4) is 16.9 Å². The summed E-state index contributed by atoms with van der Waals surface area (Å²) in [6.45, 7) is 5.43. The van der Waals surface area contributed by atoms with Crippen molar-refractivity contribution < 1.29 is 50.5 Å². The summed E-state index contributed by atoms with van der Waals surface area (Å²) >= 11 is 0. The van der Waals surface area contributed by atoms with Crippen LogP contribution in [-0.4, -0.2) is 67.2 Å². The van der Waals surface area contributed by atoms with E-state index in [9.17, 15) is 36.4 Å². The fourth-order valence-corrected chi connectivity index (χ4v) is 4.29. The molecule has 14 nitrogen and oxygen atoms in total. The minimum absolute atomic E-state index is 0.00794. The molecule has 3 aromatic rings. The number of ether oxygens (including phenoxy) is 2. The molecule has 0 unspecified atom stereocenters. The van der Waals surface area contributed by atoms with Crippen LogP contribution in [0.5, 0.6) is 0 Å². The number of rotatable bonds is 11. The van der Waals surface area contributed by atoms with Crippen LogP contribution >= 0.6 is 0 Å². The van der Waals surface area contributed by atoms with Gasteiger partial charge in [-0.15, -0.1) is 5.01 Å². The van der Waals surface area contributed by atoms with Gasteiger partial charge < -0.3 is 19.5 Å². The van der Waals surface area contributed by atoms with Crippen molar-refractivity contribution in [3.05, 3.63) is 71.1 Å². The van der Waals surface area contributed by atoms with E-state index < -0.39 is 52.8 Å². The van der Waals surface area contributed by atoms with Crippen LogP contribution < -0.4 is 4.72 Å². The first kappa shape index (κ1) is 34.6. The van der Waals surface area contributed by atoms with Crippen molar-refractivity contribution in [2.24, 2.45) is 10.7 Å². The van der Waals surface area contributed by atoms with E-state index in [4.69, 9.17) is 9.47 Å². The average molecular weight is 657 g/mol. The summed E-state index contributed by atoms with van der Waals surface area (Å²) in [6, 6.07) is 12.3. The highest BCUT2D eigenvalue weighted by atomic mass is 32.2. The van der Waals surface area contributed by atoms with Crippen molar-refractivity contribution in [3.63, 3.8) is 0 Å². The smallest absolute Gasteiger partial charge is 0.435 e. The maximum absolute atomic E-state index is 13.5. The van der Waals surface area contributed by atoms with Gasteiger partial charge in [-0.05, 0) is 58.0 Å². The molecule has 3 rings (SSSR count). The lowest BCUT2D eigenvalue weighted by molar-refractivity contribution is -0.706. The maximum Gasteiger partial charge on any atom is 0.435 e. The van der Waals surface area contributed by atoms with Gasteiger partial charge in [-0.1, -0.05) is 29.8 Å². The number of benzene rings is 2. The van der Waals surface area contributed by atoms with E-state index in [1.165, 1.54) is 19.2 Å². The van der Waals surface area contributed by atoms with Gasteiger partial charge in [-0.2, -0.15) is 18.3 Å². The van der Waals surface area contributed by atoms with Crippen molar-refractivity contribution in [1.82, 2.24) is 19.5 Å². The standard InChI is InChI=1S/C27H31F3N6O8S/c1-18-6-8-19(9-7-18)22-16-23(27(28,29)30)31-35(22)20-10-12-21(13-11-20)45(40,41)32-25(38)42-15-14-34(5)36(39)33-44-17-43-24(37)26(2,3)4/h6-13,16H,14-15,17H2,1-5H3,(H,32,38). The van der Waals surface area contributed by atoms with Crippen molar-refractivity contribution in [2.75, 3.05) is 27.0 Å². The largest absolute Gasteiger partial charge is 0.569 e. The highest BCUT2D eigenvalue weighted by Crippen LogP contribution is 2.33. The molecule has 0 spiro atoms. The SMILES string of the molecule is Cc1ccc(-c2cc(C(F)(F)F)nn2-c2ccc(S(=O)(=O)NC(=O)OCCN(C)[N+]([O-])=NOCOC(=O)C(C)(C)C)cc2)cc1. The average Bonchev–Trinajstić information content (AvgIpc) is 3.41. The van der Waals surface area contributed by atoms with Crippen LogP contribution in [0.15, 0.2) is 64.8 Å². The fraction of sp³-hybridized carbons (Fsp3) is 0.370. The summed E-state index contributed by atoms with van der Waals surface area (Å²) in [5, 5.41) is 19.6. The molecule has 244 valence electrons. The highest BCUT2D eigenvalue weighted by molar-refractivity contribution is 7.90. The minimum Gasteiger partial charge on any atom is -0.569 e. The second-order valence-corrected chi connectivity index (χ2v) is 12.3. The minimum atomic E-state index is -4.72. The molecule has 0 aliphatic heterocycles. The van der Waals surface area contributed by atoms with Crippen LogP contribution in [-0.2, 0) is 35.3 Å². The Morgan fingerprint density at radius 3 is 2.27 bits per heavy atom. The first-order valence-electron chi connectivity index (χ1n) is 13.1. The van der Waals surface area contributed by atoms with Crippen LogP contribution in [0, 0.1) is 17.5 Å². The summed E-state index contributed by atoms with van der Waals surface area (Å²) in [5.74, 6) is -0.571. The Bertz CT molecular complexity index is 1630. The predicted octanol–water partition coefficient (Wildman–Crippen LogP) is 4.57. The van der Waals surface area contributed by atoms with E-state index in [0.717, 1.165) is 33.5 Å². The first-order chi connectivity index (χ1) is 20.9. The zero-order valence-corrected chi connectivity index (χ0v) is 25.7. The van der Waals surface area contributed by atoms with Gasteiger partial charge in [-0.25, -0.2) is 22.6 Å². The first-order valence-corrected chi connectivity index (χ1v) is 14.6. The number of esters is 1. The molecule has 0 saturated carbocycles. The monoisotopic (exact) mass is 656 g/mol. The Labute approximate surface area is 256 Å². The second kappa shape index (κ2) is 13.8. The summed E-state index contributed by atoms with van der Waals surface area (Å²) < 4.78 is 78.1. The van der Waals surface area contributed by atoms with Gasteiger partial charge >= 0.3 is 18.2 Å². The number of hydrazine groups is 1. The molecular formula is C27H31F3N6O8S. The van der Waals surface area contributed by atoms with Gasteiger partial charge in [0, 0.05) is 5.56 Å². The van der Waals surface area contributed by atoms with Crippen LogP contribution in [0.1, 0.15) is 32.0 Å². The summed E-state index contributed by atoms with van der Waals surface area (Å²) in [7, 11) is -3.18. The lowest BCUT2D eigenvalue weighted by atomic mass is 9.98. The van der Waals surface area contributed by atoms with E-state index >= 15 is 0 Å². The van der Waals surface area contributed by atoms with Gasteiger partial charge in [0.05, 0.1) is 33.7 Å². The Morgan fingerprint density at radius 2 is 1.69 bits per heavy atom. The third-order valence-electron chi connectivity index (χ3n) is 5.88. The number of amides is 1. The van der Waals surface area contributed by atoms with E-state index in [2.05, 4.69) is 15.2 Å². The van der Waals surface area contributed by atoms with Gasteiger partial charge in [0.25, 0.3) is 16.8 Å². The molecule has 1 aromatic heterocycles. The summed E-state index contributed by atoms with van der Waals surface area (Å²) in [4.78, 5) is 28.0. The molecule has 1 heterocycles. The molecule has 2 aromatic carbocycles. The molecule has 18 heteroatoms. The molecule has 45 heavy (non-hydrogen) atoms. The number of alkyl halides is 3. The number of sulfonamides is 1. The number of hydrogen-bond donors (Lipinski definition) is 1. The van der Waals surface area contributed by atoms with Gasteiger partial charge in [0.1, 0.15) is 13.2 Å². The lowest BCUT2D eigenvalue weighted by Crippen LogP contribution is -2.35. The molecule has 0 radical (unpaired) electrons. The summed E-state index contributed by atoms with van der Waals surface area (Å²) in [6.07, 6.45) is -6.07. The zero-order chi connectivity index (χ0) is 33.6. The highest BCUT2D eigenvalue weighted by Gasteiger charge is 2.35. The van der Waals surface area contributed by atoms with Gasteiger partial charge in [-0.3, -0.25) is 4.79 Å². The molecule has 0 saturated heterocycles. The number of nitrogens with zero attached hydrogens (tertiary/aromatic N) is 5. The number of likely N-dealkylation sites (N-methyl/N-ethyl adjacent to an activating group) is 1. The number of nitrogens with one attached hydrogen (secondary N) is 1. The van der Waals surface area contributed by atoms with Crippen molar-refractivity contribution >= 4 is 22.1 Å². The second-order valence-electron chi connectivity index (χ2n) is 10.6. The third-order valence-corrected chi connectivity index (χ3v) is 7.21. The van der Waals surface area contributed by atoms with Gasteiger partial charge in [0.2, 0.25) is 5.28 Å². The maximum atomic E-state index is 13.5. The Balaban J connectivity index is 1.60. The Morgan fingerprint density at radius 1 is 1.07 bits per heavy atom. The normalized spacial score (nSPS) is 12.4. The van der Waals surface area contributed by atoms with Gasteiger partial charge in [0.15, 0.2) is 5.69 Å². The molecule has 1 N–H and O–H groups in total. The number of aromatic nitrogens is 2. The molecule has 0 bridgehead atoms. The van der Waals surface area contributed by atoms with Crippen LogP contribution in [0.25, 0.3) is 16.9 Å².